The number of para-hydroxylation sites is 1. The number of aromatic amines is 1. The lowest BCUT2D eigenvalue weighted by atomic mass is 10.1. The Hall–Kier alpha value is -2.48. The molecule has 2 heterocycles. The molecule has 0 fully saturated rings. The third-order valence-corrected chi connectivity index (χ3v) is 5.47. The van der Waals surface area contributed by atoms with E-state index in [9.17, 15) is 0 Å². The molecule has 5 nitrogen and oxygen atoms in total. The van der Waals surface area contributed by atoms with E-state index in [-0.39, 0.29) is 24.0 Å². The van der Waals surface area contributed by atoms with Gasteiger partial charge in [-0.1, -0.05) is 42.5 Å². The summed E-state index contributed by atoms with van der Waals surface area (Å²) in [5, 5.41) is 8.18. The number of halogens is 1. The molecule has 0 atom stereocenters. The van der Waals surface area contributed by atoms with Crippen molar-refractivity contribution in [2.75, 3.05) is 31.6 Å². The van der Waals surface area contributed by atoms with Crippen LogP contribution in [0.25, 0.3) is 10.9 Å². The van der Waals surface area contributed by atoms with Crippen LogP contribution in [0.3, 0.4) is 0 Å². The van der Waals surface area contributed by atoms with Gasteiger partial charge in [-0.2, -0.15) is 0 Å². The molecule has 0 radical (unpaired) electrons. The molecule has 30 heavy (non-hydrogen) atoms. The molecular weight excluding hydrogens is 485 g/mol. The number of aliphatic imine (C=N–C) groups is 1. The number of anilines is 1. The van der Waals surface area contributed by atoms with E-state index in [0.717, 1.165) is 38.6 Å². The van der Waals surface area contributed by atoms with Gasteiger partial charge in [0.15, 0.2) is 5.96 Å². The van der Waals surface area contributed by atoms with Gasteiger partial charge in [0.05, 0.1) is 0 Å². The molecule has 1 aliphatic rings. The Morgan fingerprint density at radius 1 is 1.07 bits per heavy atom. The van der Waals surface area contributed by atoms with Gasteiger partial charge in [0, 0.05) is 55.5 Å². The first kappa shape index (κ1) is 22.2. The molecule has 4 rings (SSSR count). The number of aryl methyl sites for hydroxylation is 1. The molecule has 2 aromatic carbocycles. The van der Waals surface area contributed by atoms with E-state index >= 15 is 0 Å². The number of rotatable bonds is 6. The minimum Gasteiger partial charge on any atom is -0.364 e. The Balaban J connectivity index is 0.00000256. The van der Waals surface area contributed by atoms with E-state index in [1.165, 1.54) is 33.4 Å². The summed E-state index contributed by atoms with van der Waals surface area (Å²) in [6.45, 7) is 5.72. The highest BCUT2D eigenvalue weighted by Crippen LogP contribution is 2.22. The smallest absolute Gasteiger partial charge is 0.191 e. The molecular formula is C24H30IN5. The van der Waals surface area contributed by atoms with Gasteiger partial charge in [-0.05, 0) is 42.7 Å². The van der Waals surface area contributed by atoms with Crippen LogP contribution in [0.1, 0.15) is 16.8 Å². The average molecular weight is 515 g/mol. The molecule has 0 bridgehead atoms. The minimum atomic E-state index is 0. The average Bonchev–Trinajstić information content (AvgIpc) is 3.39. The van der Waals surface area contributed by atoms with Crippen LogP contribution in [0.5, 0.6) is 0 Å². The Morgan fingerprint density at radius 2 is 1.87 bits per heavy atom. The topological polar surface area (TPSA) is 55.5 Å². The van der Waals surface area contributed by atoms with Crippen LogP contribution < -0.4 is 15.5 Å². The van der Waals surface area contributed by atoms with E-state index in [0.29, 0.717) is 0 Å². The first-order valence-corrected chi connectivity index (χ1v) is 10.2. The van der Waals surface area contributed by atoms with Crippen LogP contribution >= 0.6 is 24.0 Å². The van der Waals surface area contributed by atoms with Crippen molar-refractivity contribution >= 4 is 46.5 Å². The van der Waals surface area contributed by atoms with Crippen molar-refractivity contribution in [3.63, 3.8) is 0 Å². The number of nitrogens with zero attached hydrogens (tertiary/aromatic N) is 2. The van der Waals surface area contributed by atoms with Crippen molar-refractivity contribution in [1.82, 2.24) is 15.6 Å². The summed E-state index contributed by atoms with van der Waals surface area (Å²) in [4.78, 5) is 10.2. The zero-order valence-corrected chi connectivity index (χ0v) is 19.9. The summed E-state index contributed by atoms with van der Waals surface area (Å²) in [5.74, 6) is 0.829. The fourth-order valence-corrected chi connectivity index (χ4v) is 3.92. The summed E-state index contributed by atoms with van der Waals surface area (Å²) in [7, 11) is 1.82. The van der Waals surface area contributed by atoms with Crippen molar-refractivity contribution in [1.29, 1.82) is 0 Å². The molecule has 0 amide bonds. The minimum absolute atomic E-state index is 0. The normalized spacial score (nSPS) is 13.5. The van der Waals surface area contributed by atoms with Crippen molar-refractivity contribution in [3.05, 3.63) is 77.5 Å². The molecule has 0 aliphatic carbocycles. The summed E-state index contributed by atoms with van der Waals surface area (Å²) in [6, 6.07) is 17.2. The van der Waals surface area contributed by atoms with Crippen LogP contribution in [0.4, 0.5) is 5.69 Å². The van der Waals surface area contributed by atoms with Crippen LogP contribution in [0, 0.1) is 6.92 Å². The summed E-state index contributed by atoms with van der Waals surface area (Å²) in [5.41, 5.74) is 6.34. The SMILES string of the molecule is CN=C(NCCc1c(C)[nH]c2ccccc12)NCc1cccc(N2CC=CC2)c1.I. The summed E-state index contributed by atoms with van der Waals surface area (Å²) >= 11 is 0. The van der Waals surface area contributed by atoms with E-state index in [1.807, 2.05) is 7.05 Å². The Kier molecular flexibility index (Phi) is 7.79. The number of aromatic nitrogens is 1. The van der Waals surface area contributed by atoms with E-state index < -0.39 is 0 Å². The number of H-pyrrole nitrogens is 1. The molecule has 0 saturated carbocycles. The highest BCUT2D eigenvalue weighted by Gasteiger charge is 2.09. The lowest BCUT2D eigenvalue weighted by Crippen LogP contribution is -2.37. The van der Waals surface area contributed by atoms with Crippen LogP contribution in [0.2, 0.25) is 0 Å². The molecule has 158 valence electrons. The van der Waals surface area contributed by atoms with Crippen molar-refractivity contribution < 1.29 is 0 Å². The van der Waals surface area contributed by atoms with E-state index in [4.69, 9.17) is 0 Å². The van der Waals surface area contributed by atoms with Crippen molar-refractivity contribution in [3.8, 4) is 0 Å². The fourth-order valence-electron chi connectivity index (χ4n) is 3.92. The fraction of sp³-hybridized carbons (Fsp3) is 0.292. The number of fused-ring (bicyclic) bond motifs is 1. The first-order valence-electron chi connectivity index (χ1n) is 10.2. The number of hydrogen-bond donors (Lipinski definition) is 3. The Labute approximate surface area is 195 Å². The van der Waals surface area contributed by atoms with Gasteiger partial charge in [0.25, 0.3) is 0 Å². The lowest BCUT2D eigenvalue weighted by Gasteiger charge is -2.19. The number of hydrogen-bond acceptors (Lipinski definition) is 2. The maximum absolute atomic E-state index is 4.37. The predicted molar refractivity (Wildman–Crippen MR) is 138 cm³/mol. The highest BCUT2D eigenvalue weighted by molar-refractivity contribution is 14.0. The monoisotopic (exact) mass is 515 g/mol. The lowest BCUT2D eigenvalue weighted by molar-refractivity contribution is 0.794. The van der Waals surface area contributed by atoms with Gasteiger partial charge in [0.1, 0.15) is 0 Å². The third kappa shape index (κ3) is 5.16. The zero-order chi connectivity index (χ0) is 20.1. The standard InChI is InChI=1S/C24H29N5.HI/c1-18-21(22-10-3-4-11-23(22)28-18)12-13-26-24(25-2)27-17-19-8-7-9-20(16-19)29-14-5-6-15-29;/h3-11,16,28H,12-15,17H2,1-2H3,(H2,25,26,27);1H. The molecule has 1 aromatic heterocycles. The summed E-state index contributed by atoms with van der Waals surface area (Å²) < 4.78 is 0. The first-order chi connectivity index (χ1) is 14.2. The third-order valence-electron chi connectivity index (χ3n) is 5.47. The van der Waals surface area contributed by atoms with Crippen molar-refractivity contribution in [2.45, 2.75) is 19.9 Å². The maximum atomic E-state index is 4.37. The second-order valence-corrected chi connectivity index (χ2v) is 7.42. The molecule has 3 aromatic rings. The van der Waals surface area contributed by atoms with Crippen molar-refractivity contribution in [2.24, 2.45) is 4.99 Å². The second kappa shape index (κ2) is 10.5. The largest absolute Gasteiger partial charge is 0.364 e. The van der Waals surface area contributed by atoms with Crippen LogP contribution in [-0.4, -0.2) is 37.6 Å². The number of benzene rings is 2. The number of guanidine groups is 1. The van der Waals surface area contributed by atoms with Crippen LogP contribution in [0.15, 0.2) is 65.7 Å². The molecule has 0 unspecified atom stereocenters. The molecule has 1 aliphatic heterocycles. The van der Waals surface area contributed by atoms with Gasteiger partial charge in [-0.15, -0.1) is 24.0 Å². The highest BCUT2D eigenvalue weighted by atomic mass is 127. The van der Waals surface area contributed by atoms with Gasteiger partial charge in [-0.25, -0.2) is 0 Å². The van der Waals surface area contributed by atoms with Gasteiger partial charge < -0.3 is 20.5 Å². The Bertz CT molecular complexity index is 1030. The van der Waals surface area contributed by atoms with Gasteiger partial charge in [-0.3, -0.25) is 4.99 Å². The molecule has 3 N–H and O–H groups in total. The molecule has 0 spiro atoms. The predicted octanol–water partition coefficient (Wildman–Crippen LogP) is 4.38. The Morgan fingerprint density at radius 3 is 2.67 bits per heavy atom. The summed E-state index contributed by atoms with van der Waals surface area (Å²) in [6.07, 6.45) is 5.38. The second-order valence-electron chi connectivity index (χ2n) is 7.42. The molecule has 6 heteroatoms. The zero-order valence-electron chi connectivity index (χ0n) is 17.6. The van der Waals surface area contributed by atoms with Gasteiger partial charge >= 0.3 is 0 Å². The number of nitrogens with one attached hydrogen (secondary N) is 3. The maximum Gasteiger partial charge on any atom is 0.191 e. The van der Waals surface area contributed by atoms with Crippen LogP contribution in [-0.2, 0) is 13.0 Å². The van der Waals surface area contributed by atoms with Gasteiger partial charge in [0.2, 0.25) is 0 Å². The van der Waals surface area contributed by atoms with E-state index in [1.54, 1.807) is 0 Å². The van der Waals surface area contributed by atoms with E-state index in [2.05, 4.69) is 93.1 Å². The quantitative estimate of drug-likeness (QED) is 0.198. The molecule has 0 saturated heterocycles.